The van der Waals surface area contributed by atoms with E-state index in [1.165, 1.54) is 91.1 Å². The summed E-state index contributed by atoms with van der Waals surface area (Å²) in [5, 5.41) is 5.70. The maximum Gasteiger partial charge on any atom is 0.523 e. The lowest BCUT2D eigenvalue weighted by Gasteiger charge is -2.57. The lowest BCUT2D eigenvalue weighted by molar-refractivity contribution is -1.00. The Morgan fingerprint density at radius 2 is 1.31 bits per heavy atom. The van der Waals surface area contributed by atoms with Crippen LogP contribution in [-0.4, -0.2) is 233 Å². The number of benzene rings is 7. The molecule has 0 N–H and O–H groups in total. The van der Waals surface area contributed by atoms with Crippen LogP contribution >= 0.6 is 11.3 Å². The Morgan fingerprint density at radius 1 is 0.694 bits per heavy atom. The van der Waals surface area contributed by atoms with Gasteiger partial charge in [0.25, 0.3) is 10.1 Å². The van der Waals surface area contributed by atoms with Crippen LogP contribution in [0.1, 0.15) is 215 Å². The van der Waals surface area contributed by atoms with Gasteiger partial charge in [-0.05, 0) is 203 Å². The molecule has 9 heterocycles. The number of thiazole rings is 1. The molecule has 6 fully saturated rings. The number of rotatable bonds is 33. The second-order valence-corrected chi connectivity index (χ2v) is 43.7. The van der Waals surface area contributed by atoms with E-state index >= 15 is 0 Å². The van der Waals surface area contributed by atoms with E-state index in [4.69, 9.17) is 61.3 Å². The number of hydrogen-bond donors (Lipinski definition) is 0. The average Bonchev–Trinajstić information content (AvgIpc) is 1.51. The van der Waals surface area contributed by atoms with Gasteiger partial charge in [0.1, 0.15) is 76.1 Å². The summed E-state index contributed by atoms with van der Waals surface area (Å²) in [6, 6.07) is 54.5. The van der Waals surface area contributed by atoms with E-state index in [1.807, 2.05) is 86.7 Å². The minimum Gasteiger partial charge on any atom is -0.744 e. The van der Waals surface area contributed by atoms with Crippen LogP contribution in [0.5, 0.6) is 11.5 Å². The minimum atomic E-state index is -5.70. The van der Waals surface area contributed by atoms with Crippen molar-refractivity contribution in [2.75, 3.05) is 98.3 Å². The first-order chi connectivity index (χ1) is 69.4. The summed E-state index contributed by atoms with van der Waals surface area (Å²) >= 11 is 1.68. The van der Waals surface area contributed by atoms with Gasteiger partial charge in [-0.2, -0.15) is 30.0 Å². The van der Waals surface area contributed by atoms with Gasteiger partial charge >= 0.3 is 27.6 Å². The number of ketones is 1. The molecule has 9 aromatic rings. The van der Waals surface area contributed by atoms with Crippen molar-refractivity contribution < 1.29 is 127 Å². The summed E-state index contributed by atoms with van der Waals surface area (Å²) in [6.45, 7) is 33.9. The number of allylic oxidation sites excluding steroid dienone is 1. The first-order valence-electron chi connectivity index (χ1n) is 50.6. The highest BCUT2D eigenvalue weighted by atomic mass is 32.2. The van der Waals surface area contributed by atoms with Gasteiger partial charge in [-0.3, -0.25) is 32.4 Å². The van der Waals surface area contributed by atoms with Crippen LogP contribution in [0.15, 0.2) is 187 Å². The number of halogens is 3. The molecule has 1 amide bonds. The third-order valence-electron chi connectivity index (χ3n) is 26.6. The number of methoxy groups -OCH3 is 1. The maximum atomic E-state index is 12.6. The number of anilines is 1. The highest BCUT2D eigenvalue weighted by molar-refractivity contribution is 7.87. The predicted molar refractivity (Wildman–Crippen MR) is 566 cm³/mol. The van der Waals surface area contributed by atoms with E-state index in [-0.39, 0.29) is 86.4 Å². The molecule has 812 valence electrons. The number of nitrogens with zero attached hydrogens (tertiary/aromatic N) is 5. The minimum absolute atomic E-state index is 0. The van der Waals surface area contributed by atoms with Gasteiger partial charge in [0.05, 0.1) is 98.8 Å². The van der Waals surface area contributed by atoms with E-state index in [1.54, 1.807) is 69.4 Å². The van der Waals surface area contributed by atoms with Crippen molar-refractivity contribution in [3.05, 3.63) is 204 Å². The normalized spacial score (nSPS) is 22.2. The number of hydrogen-bond acceptors (Lipinski definition) is 28. The number of carbonyl (C=O) groups excluding carboxylic acids is 4. The molecular weight excluding hydrogens is 1970 g/mol. The van der Waals surface area contributed by atoms with Gasteiger partial charge < -0.3 is 66.0 Å². The van der Waals surface area contributed by atoms with Crippen LogP contribution in [-0.2, 0) is 107 Å². The zero-order chi connectivity index (χ0) is 107. The van der Waals surface area contributed by atoms with Gasteiger partial charge in [-0.1, -0.05) is 183 Å². The van der Waals surface area contributed by atoms with Gasteiger partial charge in [-0.25, -0.2) is 18.4 Å². The van der Waals surface area contributed by atoms with Crippen molar-refractivity contribution in [1.29, 1.82) is 0 Å². The van der Waals surface area contributed by atoms with Crippen LogP contribution < -0.4 is 14.4 Å². The molecule has 36 heteroatoms. The number of piperidine rings is 1. The van der Waals surface area contributed by atoms with E-state index in [9.17, 15) is 62.2 Å². The molecule has 2 aromatic heterocycles. The molecule has 0 saturated carbocycles. The quantitative estimate of drug-likeness (QED) is 0.00539. The number of quaternary nitrogens is 1. The first kappa shape index (κ1) is 123. The highest BCUT2D eigenvalue weighted by Crippen LogP contribution is 2.54. The largest absolute Gasteiger partial charge is 0.744 e. The number of unbranched alkanes of at least 4 members (excludes halogenated alkanes) is 1. The summed E-state index contributed by atoms with van der Waals surface area (Å²) in [4.78, 5) is 59.3. The summed E-state index contributed by atoms with van der Waals surface area (Å²) in [7, 11) is -7.88. The molecule has 2 bridgehead atoms. The molecule has 29 nitrogen and oxygen atoms in total. The molecule has 0 radical (unpaired) electrons. The number of aryl methyl sites for hydroxylation is 2. The Morgan fingerprint density at radius 3 is 1.84 bits per heavy atom. The Hall–Kier alpha value is -9.48. The van der Waals surface area contributed by atoms with E-state index < -0.39 is 72.2 Å². The van der Waals surface area contributed by atoms with Crippen molar-refractivity contribution in [1.82, 2.24) is 14.9 Å². The standard InChI is InChI=1S/C23H29N3O3S.C19H26NO2.C14H16O4S.C14H16O.C13H19NO3.C12H19F3O6S.C8H18O2.C7H8O3S.CH4/c1-4-21(29-22-7-5-6-12-27-22)28-15-16-8-10-18-19(13-16)30-23(25-18)17-9-11-20(24-14-17)26(2)3;1-13-4-6-14(7-5-13)16-12-15-8-9-17(18(16)19(21)22-2)20(15)10-3-11-20;1-11(18-19(2,15)16)10-17-14-8-7-12-5-3-4-6-13(12)9-14;1-2-3-10-15-14-9-8-12-6-4-5-7-13(12)11-14;1-4-11-8(2)5-13(17-11)14-7-9(3)10(15)6-12(14)16;1-6-7(2)11(21-22(17,18)12(13,14)15)8(3)20-10(6)5-19-9(4)16;1-3-5-9-7-8-10-6-4-2;1-6-2-4-7(5-3-6)11(8,9)10;/h8-11,13-14,21-22H,4-7,12,15H2,1-3H3;4-7,15-18H,3,8-12H2,1-2H3;3-9,11H,10H2,1-2H3;4-9,11H,2-3,10H2,1H3;7-8,11,13H,4-6H2,1-3H3;6-8,10-11H,5H2,1-4H3;3-8H2,1-2H3;2-5H,1H3,(H,8,9,10);1H4/q;+1;;;;;;;/p-1/t21-,22?;;;;8?,11-,13-;;;;/m1...1..../s1. The van der Waals surface area contributed by atoms with Crippen molar-refractivity contribution in [3.8, 4) is 22.1 Å². The Bertz CT molecular complexity index is 5960. The summed E-state index contributed by atoms with van der Waals surface area (Å²) in [5.41, 5.74) is 1.84. The maximum absolute atomic E-state index is 12.6. The SMILES string of the molecule is C.CC(=O)OCC1OC(C)C(OS(=O)(=O)C(F)(F)F)C(C)C1C.CC(COc1ccc2ccccc2c1)OS(C)(=O)=O.CCCCOc1ccc2ccccc2c1.CCCOCCOCCC.CC[C@H](OCc1ccc2nc(-c3ccc(N(C)C)nc3)sc2c1)OC1CCCCO1.CC[C@H]1O[C@@H](N2C=C(C)C(=O)CC2=O)CC1C.COC(=O)C1C(c2ccc(C)cc2)CC2CCC1[N+]21CCC1.Cc1ccc(S(=O)(=O)[O-])cc1. The van der Waals surface area contributed by atoms with E-state index in [2.05, 4.69) is 143 Å². The zero-order valence-electron chi connectivity index (χ0n) is 87.6. The van der Waals surface area contributed by atoms with Crippen LogP contribution in [0, 0.1) is 37.5 Å². The monoisotopic (exact) mass is 2130 g/mol. The number of Topliss-reactive ketones (excluding diaryl/α,β-unsaturated/α-hetero) is 1. The number of fused-ring (bicyclic) bond motifs is 3. The van der Waals surface area contributed by atoms with E-state index in [0.29, 0.717) is 35.8 Å². The van der Waals surface area contributed by atoms with Gasteiger partial charge in [0.2, 0.25) is 5.91 Å². The molecule has 7 aliphatic heterocycles. The van der Waals surface area contributed by atoms with Gasteiger partial charge in [-0.15, -0.1) is 11.3 Å². The highest BCUT2D eigenvalue weighted by Gasteiger charge is 2.63. The number of esters is 2. The van der Waals surface area contributed by atoms with Gasteiger partial charge in [0, 0.05) is 96.0 Å². The number of carbonyl (C=O) groups is 4. The van der Waals surface area contributed by atoms with Crippen molar-refractivity contribution >= 4 is 103 Å². The third kappa shape index (κ3) is 37.5. The number of aromatic nitrogens is 2. The average molecular weight is 2130 g/mol. The number of alkyl halides is 3. The molecule has 147 heavy (non-hydrogen) atoms. The molecule has 16 rings (SSSR count). The number of ether oxygens (including phenoxy) is 11. The Kier molecular flexibility index (Phi) is 49.6. The fourth-order valence-corrected chi connectivity index (χ4v) is 21.3. The first-order valence-corrected chi connectivity index (χ1v) is 56.1. The van der Waals surface area contributed by atoms with Crippen molar-refractivity contribution in [3.63, 3.8) is 0 Å². The zero-order valence-corrected chi connectivity index (χ0v) is 90.9. The molecule has 1 spiro atoms. The molecule has 6 saturated heterocycles. The predicted octanol–water partition coefficient (Wildman–Crippen LogP) is 21.9. The smallest absolute Gasteiger partial charge is 0.523 e. The van der Waals surface area contributed by atoms with Crippen LogP contribution in [0.25, 0.3) is 42.3 Å². The third-order valence-corrected chi connectivity index (χ3v) is 30.2. The number of pyridine rings is 1. The Balaban J connectivity index is 0.000000209. The molecule has 15 atom stereocenters. The molecular formula is C111H154F3N5O24S4. The van der Waals surface area contributed by atoms with Crippen molar-refractivity contribution in [2.24, 2.45) is 23.7 Å². The molecule has 7 aromatic carbocycles. The summed E-state index contributed by atoms with van der Waals surface area (Å²) in [5.74, 6) is 1.85. The molecule has 12 unspecified atom stereocenters. The second kappa shape index (κ2) is 59.4. The summed E-state index contributed by atoms with van der Waals surface area (Å²) < 4.78 is 185. The van der Waals surface area contributed by atoms with Crippen LogP contribution in [0.2, 0.25) is 0 Å². The lowest BCUT2D eigenvalue weighted by Crippen LogP contribution is -2.70. The second-order valence-electron chi connectivity index (χ2n) is 38.2. The number of amides is 1. The lowest BCUT2D eigenvalue weighted by atomic mass is 9.73. The summed E-state index contributed by atoms with van der Waals surface area (Å²) in [6.07, 6.45) is 16.2. The fourth-order valence-electron chi connectivity index (χ4n) is 18.4. The fraction of sp³-hybridized carbons (Fsp3) is 0.550. The Labute approximate surface area is 872 Å². The molecule has 7 aliphatic rings. The molecule has 0 aliphatic carbocycles. The van der Waals surface area contributed by atoms with E-state index in [0.717, 1.165) is 170 Å². The van der Waals surface area contributed by atoms with Gasteiger partial charge in [0.15, 0.2) is 18.4 Å². The van der Waals surface area contributed by atoms with Crippen LogP contribution in [0.4, 0.5) is 19.0 Å². The van der Waals surface area contributed by atoms with Crippen molar-refractivity contribution in [2.45, 2.75) is 285 Å². The van der Waals surface area contributed by atoms with Crippen LogP contribution in [0.3, 0.4) is 0 Å². The topological polar surface area (TPSA) is 346 Å².